The van der Waals surface area contributed by atoms with Crippen molar-refractivity contribution >= 4 is 34.3 Å². The van der Waals surface area contributed by atoms with Crippen LogP contribution in [-0.4, -0.2) is 37.4 Å². The molecule has 8 nitrogen and oxygen atoms in total. The maximum Gasteiger partial charge on any atom is 0.290 e. The third kappa shape index (κ3) is 4.33. The lowest BCUT2D eigenvalue weighted by molar-refractivity contribution is 0.0883. The van der Waals surface area contributed by atoms with Gasteiger partial charge in [-0.3, -0.25) is 14.6 Å². The van der Waals surface area contributed by atoms with Crippen molar-refractivity contribution in [3.8, 4) is 11.5 Å². The molecule has 5 rings (SSSR count). The molecule has 1 aliphatic carbocycles. The Morgan fingerprint density at radius 1 is 1.21 bits per heavy atom. The average Bonchev–Trinajstić information content (AvgIpc) is 3.47. The molecular formula is C25H24ClN5O3. The Labute approximate surface area is 201 Å². The lowest BCUT2D eigenvalue weighted by Crippen LogP contribution is -2.38. The van der Waals surface area contributed by atoms with Gasteiger partial charge in [-0.05, 0) is 56.0 Å². The molecule has 2 unspecified atom stereocenters. The summed E-state index contributed by atoms with van der Waals surface area (Å²) in [7, 11) is 0. The van der Waals surface area contributed by atoms with Crippen molar-refractivity contribution in [2.75, 3.05) is 0 Å². The van der Waals surface area contributed by atoms with Crippen LogP contribution in [0.2, 0.25) is 5.15 Å². The fourth-order valence-corrected chi connectivity index (χ4v) is 4.80. The number of aromatic nitrogens is 4. The van der Waals surface area contributed by atoms with Gasteiger partial charge in [0.1, 0.15) is 5.69 Å². The minimum atomic E-state index is -0.326. The second-order valence-corrected chi connectivity index (χ2v) is 8.89. The van der Waals surface area contributed by atoms with Gasteiger partial charge in [0.15, 0.2) is 16.8 Å². The van der Waals surface area contributed by atoms with Crippen molar-refractivity contribution in [2.24, 2.45) is 0 Å². The molecule has 3 heterocycles. The fraction of sp³-hybridized carbons (Fsp3) is 0.320. The first-order valence-corrected chi connectivity index (χ1v) is 11.8. The lowest BCUT2D eigenvalue weighted by Gasteiger charge is -2.31. The molecule has 1 amide bonds. The van der Waals surface area contributed by atoms with Crippen LogP contribution in [0.4, 0.5) is 0 Å². The Balaban J connectivity index is 1.49. The van der Waals surface area contributed by atoms with E-state index < -0.39 is 0 Å². The second-order valence-electron chi connectivity index (χ2n) is 8.51. The van der Waals surface area contributed by atoms with Crippen LogP contribution in [0.5, 0.6) is 0 Å². The van der Waals surface area contributed by atoms with Gasteiger partial charge in [-0.25, -0.2) is 4.98 Å². The summed E-state index contributed by atoms with van der Waals surface area (Å²) in [6.45, 7) is 1.85. The Bertz CT molecular complexity index is 1350. The molecule has 1 aromatic carbocycles. The van der Waals surface area contributed by atoms with Crippen LogP contribution in [0.25, 0.3) is 22.6 Å². The number of imidazole rings is 1. The van der Waals surface area contributed by atoms with E-state index in [1.165, 1.54) is 6.07 Å². The second kappa shape index (κ2) is 9.38. The highest BCUT2D eigenvalue weighted by atomic mass is 35.5. The largest absolute Gasteiger partial charge is 0.349 e. The summed E-state index contributed by atoms with van der Waals surface area (Å²) in [4.78, 5) is 34.3. The first-order valence-electron chi connectivity index (χ1n) is 11.4. The molecule has 3 aromatic heterocycles. The van der Waals surface area contributed by atoms with E-state index >= 15 is 0 Å². The van der Waals surface area contributed by atoms with E-state index in [2.05, 4.69) is 20.0 Å². The maximum absolute atomic E-state index is 12.6. The molecule has 0 spiro atoms. The Morgan fingerprint density at radius 2 is 2.09 bits per heavy atom. The van der Waals surface area contributed by atoms with Gasteiger partial charge in [0.05, 0.1) is 11.0 Å². The predicted molar refractivity (Wildman–Crippen MR) is 128 cm³/mol. The summed E-state index contributed by atoms with van der Waals surface area (Å²) in [5.41, 5.74) is 3.14. The van der Waals surface area contributed by atoms with Gasteiger partial charge < -0.3 is 14.4 Å². The van der Waals surface area contributed by atoms with Gasteiger partial charge in [-0.1, -0.05) is 29.7 Å². The van der Waals surface area contributed by atoms with E-state index in [1.54, 1.807) is 6.20 Å². The third-order valence-corrected chi connectivity index (χ3v) is 6.46. The Hall–Kier alpha value is -3.52. The molecule has 1 aliphatic rings. The highest BCUT2D eigenvalue weighted by Crippen LogP contribution is 2.36. The number of fused-ring (bicyclic) bond motifs is 1. The number of halogens is 1. The van der Waals surface area contributed by atoms with Gasteiger partial charge >= 0.3 is 0 Å². The van der Waals surface area contributed by atoms with Crippen molar-refractivity contribution in [3.05, 3.63) is 65.1 Å². The van der Waals surface area contributed by atoms with Crippen molar-refractivity contribution in [2.45, 2.75) is 51.1 Å². The molecule has 1 N–H and O–H groups in total. The number of nitrogens with zero attached hydrogens (tertiary/aromatic N) is 4. The first kappa shape index (κ1) is 22.3. The molecule has 0 bridgehead atoms. The highest BCUT2D eigenvalue weighted by molar-refractivity contribution is 6.29. The topological polar surface area (TPSA) is 103 Å². The standard InChI is InChI=1S/C25H24ClN5O3/c1-2-21(32)15-9-10-20-19(12-15)29-24(18-8-3-4-11-27-18)31(20)17-7-5-6-16(13-17)28-25(33)22-14-23(26)30-34-22/h3-4,8-12,14,16-17H,2,5-7,13H2,1H3,(H,28,33). The van der Waals surface area contributed by atoms with E-state index in [4.69, 9.17) is 21.1 Å². The predicted octanol–water partition coefficient (Wildman–Crippen LogP) is 5.25. The van der Waals surface area contributed by atoms with Gasteiger partial charge in [-0.2, -0.15) is 0 Å². The minimum Gasteiger partial charge on any atom is -0.349 e. The Morgan fingerprint density at radius 3 is 2.82 bits per heavy atom. The number of rotatable bonds is 6. The van der Waals surface area contributed by atoms with E-state index in [0.717, 1.165) is 48.2 Å². The number of hydrogen-bond donors (Lipinski definition) is 1. The SMILES string of the molecule is CCC(=O)c1ccc2c(c1)nc(-c1ccccn1)n2C1CCCC(NC(=O)c2cc(Cl)no2)C1. The van der Waals surface area contributed by atoms with Crippen LogP contribution in [0.1, 0.15) is 66.0 Å². The smallest absolute Gasteiger partial charge is 0.290 e. The summed E-state index contributed by atoms with van der Waals surface area (Å²) in [6, 6.07) is 12.9. The number of ketones is 1. The minimum absolute atomic E-state index is 0.0369. The summed E-state index contributed by atoms with van der Waals surface area (Å²) in [5, 5.41) is 6.78. The average molecular weight is 478 g/mol. The molecule has 34 heavy (non-hydrogen) atoms. The van der Waals surface area contributed by atoms with Crippen LogP contribution >= 0.6 is 11.6 Å². The maximum atomic E-state index is 12.6. The molecule has 9 heteroatoms. The third-order valence-electron chi connectivity index (χ3n) is 6.28. The zero-order valence-corrected chi connectivity index (χ0v) is 19.5. The number of nitrogens with one attached hydrogen (secondary N) is 1. The monoisotopic (exact) mass is 477 g/mol. The fourth-order valence-electron chi connectivity index (χ4n) is 4.67. The quantitative estimate of drug-likeness (QED) is 0.380. The van der Waals surface area contributed by atoms with Gasteiger partial charge in [0.25, 0.3) is 5.91 Å². The molecule has 0 radical (unpaired) electrons. The summed E-state index contributed by atoms with van der Waals surface area (Å²) < 4.78 is 7.21. The number of Topliss-reactive ketones (excluding diaryl/α,β-unsaturated/α-hetero) is 1. The number of benzene rings is 1. The van der Waals surface area contributed by atoms with Crippen LogP contribution in [0.3, 0.4) is 0 Å². The van der Waals surface area contributed by atoms with Crippen molar-refractivity contribution in [3.63, 3.8) is 0 Å². The molecule has 1 saturated carbocycles. The molecule has 174 valence electrons. The normalized spacial score (nSPS) is 18.2. The molecule has 0 aliphatic heterocycles. The molecule has 0 saturated heterocycles. The van der Waals surface area contributed by atoms with Crippen LogP contribution < -0.4 is 5.32 Å². The van der Waals surface area contributed by atoms with Gasteiger partial charge in [0, 0.05) is 36.3 Å². The van der Waals surface area contributed by atoms with Crippen LogP contribution in [0.15, 0.2) is 53.2 Å². The van der Waals surface area contributed by atoms with Gasteiger partial charge in [0.2, 0.25) is 5.76 Å². The zero-order valence-electron chi connectivity index (χ0n) is 18.7. The van der Waals surface area contributed by atoms with E-state index in [9.17, 15) is 9.59 Å². The summed E-state index contributed by atoms with van der Waals surface area (Å²) in [6.07, 6.45) is 5.68. The summed E-state index contributed by atoms with van der Waals surface area (Å²) >= 11 is 5.79. The van der Waals surface area contributed by atoms with Crippen molar-refractivity contribution < 1.29 is 14.1 Å². The van der Waals surface area contributed by atoms with E-state index in [-0.39, 0.29) is 34.7 Å². The van der Waals surface area contributed by atoms with Gasteiger partial charge in [-0.15, -0.1) is 0 Å². The number of amides is 1. The number of hydrogen-bond acceptors (Lipinski definition) is 6. The van der Waals surface area contributed by atoms with Crippen molar-refractivity contribution in [1.29, 1.82) is 0 Å². The number of carbonyl (C=O) groups excluding carboxylic acids is 2. The molecule has 2 atom stereocenters. The van der Waals surface area contributed by atoms with Crippen LogP contribution in [0, 0.1) is 0 Å². The lowest BCUT2D eigenvalue weighted by atomic mass is 9.90. The van der Waals surface area contributed by atoms with Crippen LogP contribution in [-0.2, 0) is 0 Å². The molecular weight excluding hydrogens is 454 g/mol. The molecule has 1 fully saturated rings. The van der Waals surface area contributed by atoms with E-state index in [1.807, 2.05) is 43.3 Å². The highest BCUT2D eigenvalue weighted by Gasteiger charge is 2.29. The summed E-state index contributed by atoms with van der Waals surface area (Å²) in [5.74, 6) is 0.621. The first-order chi connectivity index (χ1) is 16.5. The van der Waals surface area contributed by atoms with Crippen molar-refractivity contribution in [1.82, 2.24) is 25.0 Å². The molecule has 4 aromatic rings. The number of pyridine rings is 1. The zero-order chi connectivity index (χ0) is 23.7. The Kier molecular flexibility index (Phi) is 6.15. The number of carbonyl (C=O) groups is 2. The van der Waals surface area contributed by atoms with E-state index in [0.29, 0.717) is 12.0 Å².